The van der Waals surface area contributed by atoms with E-state index in [0.29, 0.717) is 26.9 Å². The van der Waals surface area contributed by atoms with Crippen LogP contribution in [0.25, 0.3) is 0 Å². The number of amides is 4. The lowest BCUT2D eigenvalue weighted by Gasteiger charge is -2.20. The van der Waals surface area contributed by atoms with E-state index in [1.54, 1.807) is 82.3 Å². The van der Waals surface area contributed by atoms with E-state index >= 15 is 0 Å². The highest BCUT2D eigenvalue weighted by Gasteiger charge is 2.37. The lowest BCUT2D eigenvalue weighted by molar-refractivity contribution is 0.0925. The van der Waals surface area contributed by atoms with Crippen molar-refractivity contribution in [2.45, 2.75) is 38.1 Å². The third kappa shape index (κ3) is 5.12. The number of hydrogen-bond acceptors (Lipinski definition) is 5. The molecule has 186 valence electrons. The molecule has 1 atom stereocenters. The summed E-state index contributed by atoms with van der Waals surface area (Å²) in [5, 5.41) is 3.03. The molecule has 0 saturated carbocycles. The first-order valence-electron chi connectivity index (χ1n) is 11.1. The third-order valence-corrected chi connectivity index (χ3v) is 7.65. The second kappa shape index (κ2) is 9.40. The molecule has 3 aromatic carbocycles. The first-order chi connectivity index (χ1) is 16.9. The molecular weight excluding hydrogens is 500 g/mol. The predicted octanol–water partition coefficient (Wildman–Crippen LogP) is 5.81. The molecule has 8 nitrogen and oxygen atoms in total. The van der Waals surface area contributed by atoms with Crippen LogP contribution in [0.1, 0.15) is 47.1 Å². The second-order valence-electron chi connectivity index (χ2n) is 9.29. The Morgan fingerprint density at radius 2 is 1.61 bits per heavy atom. The van der Waals surface area contributed by atoms with E-state index in [0.717, 1.165) is 4.90 Å². The van der Waals surface area contributed by atoms with Crippen LogP contribution < -0.4 is 14.9 Å². The van der Waals surface area contributed by atoms with Crippen molar-refractivity contribution in [2.24, 2.45) is 4.36 Å². The van der Waals surface area contributed by atoms with Crippen molar-refractivity contribution in [3.63, 3.8) is 0 Å². The summed E-state index contributed by atoms with van der Waals surface area (Å²) in [6.45, 7) is 7.11. The zero-order valence-corrected chi connectivity index (χ0v) is 21.7. The smallest absolute Gasteiger partial charge is 0.307 e. The van der Waals surface area contributed by atoms with Crippen molar-refractivity contribution in [3.05, 3.63) is 88.4 Å². The summed E-state index contributed by atoms with van der Waals surface area (Å²) < 4.78 is 20.6. The maximum absolute atomic E-state index is 13.7. The molecule has 1 heterocycles. The standard InChI is InChI=1S/C26H25ClN4O4S/c1-16-14-18(11-13-22(16)31-23(32)20-12-10-17(27)15-21(20)24(31)33)28-25(34)29-36(35,30-26(2,3)4)19-8-6-5-7-9-19/h5-15H,1-4H3,(H2,28,29,30,34,35). The Morgan fingerprint density at radius 3 is 2.25 bits per heavy atom. The molecule has 0 fully saturated rings. The molecule has 10 heteroatoms. The minimum Gasteiger partial charge on any atom is -0.307 e. The number of imide groups is 1. The number of urea groups is 1. The molecule has 4 amide bonds. The first-order valence-corrected chi connectivity index (χ1v) is 13.0. The maximum atomic E-state index is 13.7. The van der Waals surface area contributed by atoms with Crippen LogP contribution in [-0.4, -0.2) is 27.6 Å². The fourth-order valence-electron chi connectivity index (χ4n) is 3.82. The Balaban J connectivity index is 1.57. The van der Waals surface area contributed by atoms with Gasteiger partial charge in [0.1, 0.15) is 0 Å². The number of nitrogens with one attached hydrogen (secondary N) is 2. The van der Waals surface area contributed by atoms with Gasteiger partial charge in [-0.25, -0.2) is 23.0 Å². The summed E-state index contributed by atoms with van der Waals surface area (Å²) in [6.07, 6.45) is 0. The highest BCUT2D eigenvalue weighted by molar-refractivity contribution is 7.92. The summed E-state index contributed by atoms with van der Waals surface area (Å²) in [5.41, 5.74) is 1.21. The van der Waals surface area contributed by atoms with Gasteiger partial charge in [-0.15, -0.1) is 0 Å². The van der Waals surface area contributed by atoms with Crippen molar-refractivity contribution in [3.8, 4) is 0 Å². The second-order valence-corrected chi connectivity index (χ2v) is 11.6. The Morgan fingerprint density at radius 1 is 0.944 bits per heavy atom. The van der Waals surface area contributed by atoms with Gasteiger partial charge in [-0.1, -0.05) is 29.8 Å². The minimum atomic E-state index is -3.27. The molecule has 0 spiro atoms. The number of rotatable bonds is 4. The van der Waals surface area contributed by atoms with Gasteiger partial charge in [-0.3, -0.25) is 9.59 Å². The van der Waals surface area contributed by atoms with Gasteiger partial charge in [-0.05, 0) is 81.8 Å². The molecule has 4 rings (SSSR count). The van der Waals surface area contributed by atoms with Crippen molar-refractivity contribution in [2.75, 3.05) is 10.2 Å². The van der Waals surface area contributed by atoms with E-state index in [-0.39, 0.29) is 11.1 Å². The normalized spacial score (nSPS) is 14.8. The van der Waals surface area contributed by atoms with Gasteiger partial charge in [0, 0.05) is 10.7 Å². The van der Waals surface area contributed by atoms with Crippen LogP contribution in [0.2, 0.25) is 5.02 Å². The average molecular weight is 525 g/mol. The SMILES string of the molecule is Cc1cc(NC(=O)NS(=O)(=NC(C)(C)C)c2ccccc2)ccc1N1C(=O)c2ccc(Cl)cc2C1=O. The number of aryl methyl sites for hydroxylation is 1. The van der Waals surface area contributed by atoms with Gasteiger partial charge in [0.15, 0.2) is 9.92 Å². The summed E-state index contributed by atoms with van der Waals surface area (Å²) in [4.78, 5) is 40.1. The quantitative estimate of drug-likeness (QED) is 0.420. The van der Waals surface area contributed by atoms with Crippen molar-refractivity contribution in [1.29, 1.82) is 0 Å². The molecule has 0 aromatic heterocycles. The van der Waals surface area contributed by atoms with E-state index < -0.39 is 33.3 Å². The largest absolute Gasteiger partial charge is 0.331 e. The highest BCUT2D eigenvalue weighted by Crippen LogP contribution is 2.33. The van der Waals surface area contributed by atoms with Crippen LogP contribution >= 0.6 is 11.6 Å². The van der Waals surface area contributed by atoms with Crippen LogP contribution in [0.5, 0.6) is 0 Å². The van der Waals surface area contributed by atoms with Crippen LogP contribution in [0.3, 0.4) is 0 Å². The lowest BCUT2D eigenvalue weighted by atomic mass is 10.1. The summed E-state index contributed by atoms with van der Waals surface area (Å²) in [6, 6.07) is 17.1. The molecule has 36 heavy (non-hydrogen) atoms. The molecule has 0 saturated heterocycles. The van der Waals surface area contributed by atoms with Gasteiger partial charge in [0.25, 0.3) is 11.8 Å². The lowest BCUT2D eigenvalue weighted by Crippen LogP contribution is -2.36. The minimum absolute atomic E-state index is 0.242. The van der Waals surface area contributed by atoms with E-state index in [1.807, 2.05) is 0 Å². The van der Waals surface area contributed by atoms with Crippen molar-refractivity contribution >= 4 is 50.7 Å². The van der Waals surface area contributed by atoms with Gasteiger partial charge < -0.3 is 5.32 Å². The molecular formula is C26H25ClN4O4S. The van der Waals surface area contributed by atoms with Crippen molar-refractivity contribution in [1.82, 2.24) is 4.72 Å². The molecule has 3 aromatic rings. The topological polar surface area (TPSA) is 108 Å². The Hall–Kier alpha value is -3.69. The number of anilines is 2. The molecule has 2 N–H and O–H groups in total. The Labute approximate surface area is 215 Å². The number of hydrogen-bond donors (Lipinski definition) is 2. The predicted molar refractivity (Wildman–Crippen MR) is 141 cm³/mol. The Kier molecular flexibility index (Phi) is 6.64. The van der Waals surface area contributed by atoms with Crippen LogP contribution in [0.4, 0.5) is 16.2 Å². The number of halogens is 1. The zero-order valence-electron chi connectivity index (χ0n) is 20.2. The van der Waals surface area contributed by atoms with Gasteiger partial charge >= 0.3 is 6.03 Å². The van der Waals surface area contributed by atoms with E-state index in [1.165, 1.54) is 12.1 Å². The van der Waals surface area contributed by atoms with E-state index in [2.05, 4.69) is 14.4 Å². The number of carbonyl (C=O) groups excluding carboxylic acids is 3. The molecule has 1 aliphatic heterocycles. The highest BCUT2D eigenvalue weighted by atomic mass is 35.5. The molecule has 0 bridgehead atoms. The van der Waals surface area contributed by atoms with Crippen molar-refractivity contribution < 1.29 is 18.6 Å². The zero-order chi connectivity index (χ0) is 26.3. The number of nitrogens with zero attached hydrogens (tertiary/aromatic N) is 2. The molecule has 0 radical (unpaired) electrons. The molecule has 1 aliphatic rings. The fourth-order valence-corrected chi connectivity index (χ4v) is 5.86. The van der Waals surface area contributed by atoms with Crippen LogP contribution in [0, 0.1) is 6.92 Å². The van der Waals surface area contributed by atoms with Crippen LogP contribution in [0.15, 0.2) is 76.0 Å². The number of benzene rings is 3. The number of carbonyl (C=O) groups is 3. The summed E-state index contributed by atoms with van der Waals surface area (Å²) in [5.74, 6) is -0.912. The van der Waals surface area contributed by atoms with Crippen LogP contribution in [-0.2, 0) is 9.92 Å². The molecule has 1 unspecified atom stereocenters. The third-order valence-electron chi connectivity index (χ3n) is 5.24. The van der Waals surface area contributed by atoms with Gasteiger partial charge in [0.2, 0.25) is 0 Å². The molecule has 0 aliphatic carbocycles. The summed E-state index contributed by atoms with van der Waals surface area (Å²) in [7, 11) is -3.27. The fraction of sp³-hybridized carbons (Fsp3) is 0.192. The van der Waals surface area contributed by atoms with Gasteiger partial charge in [-0.2, -0.15) is 0 Å². The average Bonchev–Trinajstić information content (AvgIpc) is 3.02. The first kappa shape index (κ1) is 25.4. The monoisotopic (exact) mass is 524 g/mol. The van der Waals surface area contributed by atoms with Gasteiger partial charge in [0.05, 0.1) is 27.2 Å². The van der Waals surface area contributed by atoms with E-state index in [9.17, 15) is 18.6 Å². The number of fused-ring (bicyclic) bond motifs is 1. The maximum Gasteiger partial charge on any atom is 0.331 e. The Bertz CT molecular complexity index is 1510. The van der Waals surface area contributed by atoms with E-state index in [4.69, 9.17) is 11.6 Å². The summed E-state index contributed by atoms with van der Waals surface area (Å²) >= 11 is 6.00.